The van der Waals surface area contributed by atoms with Crippen LogP contribution in [-0.2, 0) is 0 Å². The monoisotopic (exact) mass is 260 g/mol. The van der Waals surface area contributed by atoms with Crippen LogP contribution in [0.5, 0.6) is 11.5 Å². The first-order valence-electron chi connectivity index (χ1n) is 4.29. The van der Waals surface area contributed by atoms with E-state index >= 15 is 0 Å². The minimum Gasteiger partial charge on any atom is -0.493 e. The molecule has 0 spiro atoms. The Balaban J connectivity index is 0.00000128. The van der Waals surface area contributed by atoms with Crippen LogP contribution in [0.25, 0.3) is 10.9 Å². The molecule has 0 saturated heterocycles. The van der Waals surface area contributed by atoms with Crippen LogP contribution in [0.2, 0.25) is 5.28 Å². The molecule has 0 bridgehead atoms. The molecule has 0 N–H and O–H groups in total. The molecule has 0 saturated carbocycles. The van der Waals surface area contributed by atoms with Gasteiger partial charge in [-0.2, -0.15) is 0 Å². The number of nitrogens with zero attached hydrogens (tertiary/aromatic N) is 2. The van der Waals surface area contributed by atoms with Crippen molar-refractivity contribution in [3.8, 4) is 11.5 Å². The first-order chi connectivity index (χ1) is 7.24. The van der Waals surface area contributed by atoms with Crippen molar-refractivity contribution in [1.82, 2.24) is 9.97 Å². The Morgan fingerprint density at radius 2 is 1.75 bits per heavy atom. The van der Waals surface area contributed by atoms with Crippen molar-refractivity contribution in [1.29, 1.82) is 0 Å². The minimum absolute atomic E-state index is 0. The lowest BCUT2D eigenvalue weighted by atomic mass is 10.2. The number of hydrogen-bond donors (Lipinski definition) is 0. The van der Waals surface area contributed by atoms with Gasteiger partial charge in [-0.15, -0.1) is 12.4 Å². The molecule has 0 atom stereocenters. The molecule has 1 heterocycles. The molecule has 0 unspecified atom stereocenters. The summed E-state index contributed by atoms with van der Waals surface area (Å²) in [6.45, 7) is 0. The van der Waals surface area contributed by atoms with Crippen LogP contribution in [0.15, 0.2) is 18.3 Å². The second kappa shape index (κ2) is 5.18. The second-order valence-corrected chi connectivity index (χ2v) is 3.24. The van der Waals surface area contributed by atoms with Gasteiger partial charge in [0, 0.05) is 17.6 Å². The standard InChI is InChI=1S/C10H9ClN2O2.ClH/c1-14-8-3-6-5-12-10(11)13-7(6)4-9(8)15-2;/h3-5H,1-2H3;1H. The highest BCUT2D eigenvalue weighted by atomic mass is 35.5. The Morgan fingerprint density at radius 3 is 2.38 bits per heavy atom. The molecular weight excluding hydrogens is 251 g/mol. The van der Waals surface area contributed by atoms with Gasteiger partial charge in [-0.05, 0) is 17.7 Å². The zero-order chi connectivity index (χ0) is 10.8. The number of ether oxygens (including phenoxy) is 2. The van der Waals surface area contributed by atoms with E-state index in [1.807, 2.05) is 6.07 Å². The molecule has 1 aromatic carbocycles. The van der Waals surface area contributed by atoms with E-state index in [0.717, 1.165) is 10.9 Å². The quantitative estimate of drug-likeness (QED) is 0.779. The van der Waals surface area contributed by atoms with Gasteiger partial charge in [-0.3, -0.25) is 0 Å². The topological polar surface area (TPSA) is 44.2 Å². The molecule has 0 amide bonds. The number of halogens is 2. The van der Waals surface area contributed by atoms with Crippen LogP contribution in [0.4, 0.5) is 0 Å². The van der Waals surface area contributed by atoms with Gasteiger partial charge in [0.05, 0.1) is 19.7 Å². The maximum atomic E-state index is 5.69. The highest BCUT2D eigenvalue weighted by Gasteiger charge is 2.07. The Morgan fingerprint density at radius 1 is 1.12 bits per heavy atom. The van der Waals surface area contributed by atoms with Crippen LogP contribution in [0.1, 0.15) is 0 Å². The van der Waals surface area contributed by atoms with Gasteiger partial charge in [-0.1, -0.05) is 0 Å². The van der Waals surface area contributed by atoms with E-state index in [0.29, 0.717) is 11.5 Å². The maximum Gasteiger partial charge on any atom is 0.222 e. The molecule has 0 aliphatic heterocycles. The molecule has 2 aromatic rings. The van der Waals surface area contributed by atoms with Crippen molar-refractivity contribution in [2.45, 2.75) is 0 Å². The summed E-state index contributed by atoms with van der Waals surface area (Å²) in [6, 6.07) is 3.58. The second-order valence-electron chi connectivity index (χ2n) is 2.91. The van der Waals surface area contributed by atoms with E-state index in [-0.39, 0.29) is 17.7 Å². The average Bonchev–Trinajstić information content (AvgIpc) is 2.27. The lowest BCUT2D eigenvalue weighted by Gasteiger charge is -2.08. The lowest BCUT2D eigenvalue weighted by molar-refractivity contribution is 0.356. The maximum absolute atomic E-state index is 5.69. The van der Waals surface area contributed by atoms with Crippen LogP contribution in [-0.4, -0.2) is 24.2 Å². The minimum atomic E-state index is 0. The van der Waals surface area contributed by atoms with Crippen molar-refractivity contribution >= 4 is 34.9 Å². The van der Waals surface area contributed by atoms with Gasteiger partial charge in [0.2, 0.25) is 5.28 Å². The fraction of sp³-hybridized carbons (Fsp3) is 0.200. The predicted octanol–water partition coefficient (Wildman–Crippen LogP) is 2.72. The number of rotatable bonds is 2. The summed E-state index contributed by atoms with van der Waals surface area (Å²) >= 11 is 5.69. The average molecular weight is 261 g/mol. The van der Waals surface area contributed by atoms with Gasteiger partial charge < -0.3 is 9.47 Å². The fourth-order valence-corrected chi connectivity index (χ4v) is 1.48. The van der Waals surface area contributed by atoms with E-state index in [1.165, 1.54) is 0 Å². The Hall–Kier alpha value is -1.26. The number of aromatic nitrogens is 2. The summed E-state index contributed by atoms with van der Waals surface area (Å²) in [7, 11) is 3.16. The summed E-state index contributed by atoms with van der Waals surface area (Å²) in [6.07, 6.45) is 1.65. The number of methoxy groups -OCH3 is 2. The van der Waals surface area contributed by atoms with E-state index in [1.54, 1.807) is 26.5 Å². The van der Waals surface area contributed by atoms with Gasteiger partial charge in [0.15, 0.2) is 11.5 Å². The summed E-state index contributed by atoms with van der Waals surface area (Å²) in [5.74, 6) is 1.27. The third-order valence-electron chi connectivity index (χ3n) is 2.06. The van der Waals surface area contributed by atoms with E-state index in [4.69, 9.17) is 21.1 Å². The predicted molar refractivity (Wildman–Crippen MR) is 64.9 cm³/mol. The SMILES string of the molecule is COc1cc2cnc(Cl)nc2cc1OC.Cl. The zero-order valence-corrected chi connectivity index (χ0v) is 10.3. The molecule has 1 aromatic heterocycles. The molecule has 0 radical (unpaired) electrons. The molecule has 2 rings (SSSR count). The summed E-state index contributed by atoms with van der Waals surface area (Å²) < 4.78 is 10.3. The molecule has 0 aliphatic carbocycles. The van der Waals surface area contributed by atoms with Crippen molar-refractivity contribution in [3.63, 3.8) is 0 Å². The molecule has 16 heavy (non-hydrogen) atoms. The Kier molecular flexibility index (Phi) is 4.15. The van der Waals surface area contributed by atoms with Gasteiger partial charge in [0.1, 0.15) is 0 Å². The summed E-state index contributed by atoms with van der Waals surface area (Å²) in [5.41, 5.74) is 0.729. The highest BCUT2D eigenvalue weighted by Crippen LogP contribution is 2.31. The zero-order valence-electron chi connectivity index (χ0n) is 8.73. The first kappa shape index (κ1) is 12.8. The number of fused-ring (bicyclic) bond motifs is 1. The van der Waals surface area contributed by atoms with Crippen LogP contribution in [0.3, 0.4) is 0 Å². The smallest absolute Gasteiger partial charge is 0.222 e. The molecule has 0 fully saturated rings. The Bertz CT molecular complexity index is 505. The number of hydrogen-bond acceptors (Lipinski definition) is 4. The normalized spacial score (nSPS) is 9.69. The van der Waals surface area contributed by atoms with Gasteiger partial charge >= 0.3 is 0 Å². The molecular formula is C10H10Cl2N2O2. The molecule has 4 nitrogen and oxygen atoms in total. The van der Waals surface area contributed by atoms with Crippen molar-refractivity contribution in [3.05, 3.63) is 23.6 Å². The van der Waals surface area contributed by atoms with E-state index in [2.05, 4.69) is 9.97 Å². The summed E-state index contributed by atoms with van der Waals surface area (Å²) in [4.78, 5) is 7.97. The van der Waals surface area contributed by atoms with Crippen LogP contribution < -0.4 is 9.47 Å². The van der Waals surface area contributed by atoms with Gasteiger partial charge in [0.25, 0.3) is 0 Å². The largest absolute Gasteiger partial charge is 0.493 e. The van der Waals surface area contributed by atoms with E-state index in [9.17, 15) is 0 Å². The first-order valence-corrected chi connectivity index (χ1v) is 4.66. The molecule has 0 aliphatic rings. The summed E-state index contributed by atoms with van der Waals surface area (Å²) in [5, 5.41) is 1.08. The van der Waals surface area contributed by atoms with Gasteiger partial charge in [-0.25, -0.2) is 9.97 Å². The Labute approximate surface area is 104 Å². The van der Waals surface area contributed by atoms with Crippen molar-refractivity contribution in [2.75, 3.05) is 14.2 Å². The van der Waals surface area contributed by atoms with Crippen molar-refractivity contribution < 1.29 is 9.47 Å². The van der Waals surface area contributed by atoms with E-state index < -0.39 is 0 Å². The fourth-order valence-electron chi connectivity index (χ4n) is 1.34. The van der Waals surface area contributed by atoms with Crippen molar-refractivity contribution in [2.24, 2.45) is 0 Å². The highest BCUT2D eigenvalue weighted by molar-refractivity contribution is 6.28. The number of benzene rings is 1. The van der Waals surface area contributed by atoms with Crippen LogP contribution in [0, 0.1) is 0 Å². The molecule has 86 valence electrons. The van der Waals surface area contributed by atoms with Crippen LogP contribution >= 0.6 is 24.0 Å². The molecule has 6 heteroatoms. The third kappa shape index (κ3) is 2.28. The third-order valence-corrected chi connectivity index (χ3v) is 2.24. The lowest BCUT2D eigenvalue weighted by Crippen LogP contribution is -1.92.